The standard InChI is InChI=1S/C19H26N4O2/c1-24-19-7-5-16(25-18-4-2-3-9-20-18)12-17(19)23(11-8-19)10-6-15-13-21-22-14-15/h2-4,9,13-14,16-17H,5-8,10-12H2,1H3,(H,21,22)/t16-,17+,19-/m1/s1. The van der Waals surface area contributed by atoms with Gasteiger partial charge in [0.25, 0.3) is 0 Å². The number of H-pyrrole nitrogens is 1. The molecule has 25 heavy (non-hydrogen) atoms. The van der Waals surface area contributed by atoms with Crippen molar-refractivity contribution in [1.29, 1.82) is 0 Å². The normalized spacial score (nSPS) is 29.5. The van der Waals surface area contributed by atoms with Crippen molar-refractivity contribution in [2.24, 2.45) is 0 Å². The molecule has 3 atom stereocenters. The number of nitrogens with zero attached hydrogens (tertiary/aromatic N) is 3. The van der Waals surface area contributed by atoms with Gasteiger partial charge in [-0.25, -0.2) is 4.98 Å². The van der Waals surface area contributed by atoms with Gasteiger partial charge in [0.05, 0.1) is 11.8 Å². The summed E-state index contributed by atoms with van der Waals surface area (Å²) >= 11 is 0. The highest BCUT2D eigenvalue weighted by Crippen LogP contribution is 2.43. The van der Waals surface area contributed by atoms with Gasteiger partial charge in [-0.15, -0.1) is 0 Å². The van der Waals surface area contributed by atoms with E-state index in [1.165, 1.54) is 5.56 Å². The summed E-state index contributed by atoms with van der Waals surface area (Å²) in [6.07, 6.45) is 11.1. The summed E-state index contributed by atoms with van der Waals surface area (Å²) in [7, 11) is 1.87. The summed E-state index contributed by atoms with van der Waals surface area (Å²) in [4.78, 5) is 6.88. The number of ether oxygens (including phenoxy) is 2. The van der Waals surface area contributed by atoms with Crippen LogP contribution >= 0.6 is 0 Å². The second kappa shape index (κ2) is 7.14. The number of hydrogen-bond donors (Lipinski definition) is 1. The molecule has 6 nitrogen and oxygen atoms in total. The smallest absolute Gasteiger partial charge is 0.213 e. The zero-order chi connectivity index (χ0) is 17.1. The maximum absolute atomic E-state index is 6.14. The van der Waals surface area contributed by atoms with E-state index in [2.05, 4.69) is 20.1 Å². The molecule has 2 aromatic heterocycles. The number of aromatic amines is 1. The molecular weight excluding hydrogens is 316 g/mol. The number of likely N-dealkylation sites (tertiary alicyclic amines) is 1. The monoisotopic (exact) mass is 342 g/mol. The van der Waals surface area contributed by atoms with E-state index in [0.29, 0.717) is 6.04 Å². The van der Waals surface area contributed by atoms with Gasteiger partial charge in [0.2, 0.25) is 5.88 Å². The molecule has 0 radical (unpaired) electrons. The number of fused-ring (bicyclic) bond motifs is 1. The Kier molecular flexibility index (Phi) is 4.72. The van der Waals surface area contributed by atoms with Crippen molar-refractivity contribution in [1.82, 2.24) is 20.1 Å². The Morgan fingerprint density at radius 1 is 1.36 bits per heavy atom. The summed E-state index contributed by atoms with van der Waals surface area (Å²) in [5.41, 5.74) is 1.24. The molecule has 0 amide bonds. The minimum Gasteiger partial charge on any atom is -0.474 e. The third kappa shape index (κ3) is 3.41. The van der Waals surface area contributed by atoms with E-state index in [1.54, 1.807) is 6.20 Å². The Hall–Kier alpha value is -1.92. The molecule has 1 aliphatic carbocycles. The molecule has 4 rings (SSSR count). The summed E-state index contributed by atoms with van der Waals surface area (Å²) in [6.45, 7) is 2.12. The number of nitrogens with one attached hydrogen (secondary N) is 1. The average Bonchev–Trinajstić information content (AvgIpc) is 3.29. The van der Waals surface area contributed by atoms with Crippen molar-refractivity contribution in [3.63, 3.8) is 0 Å². The van der Waals surface area contributed by atoms with E-state index in [9.17, 15) is 0 Å². The van der Waals surface area contributed by atoms with Crippen molar-refractivity contribution < 1.29 is 9.47 Å². The minimum absolute atomic E-state index is 0.0135. The SMILES string of the molecule is CO[C@@]12CC[C@@H](Oc3ccccn3)C[C@@H]1N(CCc1cn[nH]c1)CC2. The van der Waals surface area contributed by atoms with Gasteiger partial charge in [0, 0.05) is 51.1 Å². The van der Waals surface area contributed by atoms with Crippen molar-refractivity contribution in [2.45, 2.75) is 49.9 Å². The lowest BCUT2D eigenvalue weighted by atomic mass is 9.79. The molecular formula is C19H26N4O2. The summed E-state index contributed by atoms with van der Waals surface area (Å²) in [5.74, 6) is 0.723. The van der Waals surface area contributed by atoms with Crippen molar-refractivity contribution in [3.8, 4) is 5.88 Å². The van der Waals surface area contributed by atoms with Crippen LogP contribution in [-0.4, -0.2) is 58.0 Å². The second-order valence-corrected chi connectivity index (χ2v) is 7.11. The molecule has 2 fully saturated rings. The van der Waals surface area contributed by atoms with E-state index in [1.807, 2.05) is 37.7 Å². The van der Waals surface area contributed by atoms with Gasteiger partial charge in [-0.05, 0) is 37.3 Å². The molecule has 0 spiro atoms. The van der Waals surface area contributed by atoms with Crippen molar-refractivity contribution in [3.05, 3.63) is 42.4 Å². The van der Waals surface area contributed by atoms with E-state index < -0.39 is 0 Å². The van der Waals surface area contributed by atoms with Crippen LogP contribution in [0, 0.1) is 0 Å². The molecule has 134 valence electrons. The van der Waals surface area contributed by atoms with Crippen LogP contribution in [0.25, 0.3) is 0 Å². The molecule has 2 aliphatic rings. The largest absolute Gasteiger partial charge is 0.474 e. The summed E-state index contributed by atoms with van der Waals surface area (Å²) < 4.78 is 12.2. The van der Waals surface area contributed by atoms with Gasteiger partial charge in [0.15, 0.2) is 0 Å². The van der Waals surface area contributed by atoms with Gasteiger partial charge in [-0.1, -0.05) is 6.07 Å². The number of hydrogen-bond acceptors (Lipinski definition) is 5. The fourth-order valence-electron chi connectivity index (χ4n) is 4.41. The number of rotatable bonds is 6. The van der Waals surface area contributed by atoms with Gasteiger partial charge in [-0.2, -0.15) is 5.10 Å². The number of aromatic nitrogens is 3. The fraction of sp³-hybridized carbons (Fsp3) is 0.579. The molecule has 0 unspecified atom stereocenters. The van der Waals surface area contributed by atoms with E-state index in [4.69, 9.17) is 9.47 Å². The molecule has 1 saturated heterocycles. The molecule has 0 aromatic carbocycles. The van der Waals surface area contributed by atoms with Crippen LogP contribution in [0.5, 0.6) is 5.88 Å². The van der Waals surface area contributed by atoms with Gasteiger partial charge in [-0.3, -0.25) is 10.00 Å². The Balaban J connectivity index is 1.42. The van der Waals surface area contributed by atoms with E-state index >= 15 is 0 Å². The molecule has 1 aliphatic heterocycles. The molecule has 3 heterocycles. The average molecular weight is 342 g/mol. The Morgan fingerprint density at radius 2 is 2.32 bits per heavy atom. The predicted molar refractivity (Wildman–Crippen MR) is 94.5 cm³/mol. The summed E-state index contributed by atoms with van der Waals surface area (Å²) in [5, 5.41) is 6.94. The minimum atomic E-state index is -0.0135. The van der Waals surface area contributed by atoms with Crippen molar-refractivity contribution >= 4 is 0 Å². The first-order valence-electron chi connectivity index (χ1n) is 9.14. The first-order valence-corrected chi connectivity index (χ1v) is 9.14. The quantitative estimate of drug-likeness (QED) is 0.873. The maximum Gasteiger partial charge on any atom is 0.213 e. The first kappa shape index (κ1) is 16.5. The van der Waals surface area contributed by atoms with Crippen LogP contribution < -0.4 is 4.74 Å². The second-order valence-electron chi connectivity index (χ2n) is 7.11. The first-order chi connectivity index (χ1) is 12.3. The Morgan fingerprint density at radius 3 is 3.08 bits per heavy atom. The third-order valence-corrected chi connectivity index (χ3v) is 5.82. The lowest BCUT2D eigenvalue weighted by Gasteiger charge is -2.43. The zero-order valence-corrected chi connectivity index (χ0v) is 14.7. The molecule has 1 saturated carbocycles. The van der Waals surface area contributed by atoms with Crippen LogP contribution in [0.15, 0.2) is 36.8 Å². The molecule has 0 bridgehead atoms. The lowest BCUT2D eigenvalue weighted by molar-refractivity contribution is -0.0830. The van der Waals surface area contributed by atoms with Gasteiger partial charge >= 0.3 is 0 Å². The lowest BCUT2D eigenvalue weighted by Crippen LogP contribution is -2.52. The Bertz CT molecular complexity index is 663. The highest BCUT2D eigenvalue weighted by atomic mass is 16.5. The van der Waals surface area contributed by atoms with Crippen LogP contribution in [0.3, 0.4) is 0 Å². The van der Waals surface area contributed by atoms with Crippen LogP contribution in [0.1, 0.15) is 31.2 Å². The zero-order valence-electron chi connectivity index (χ0n) is 14.7. The maximum atomic E-state index is 6.14. The molecule has 6 heteroatoms. The summed E-state index contributed by atoms with van der Waals surface area (Å²) in [6, 6.07) is 6.23. The number of pyridine rings is 1. The highest BCUT2D eigenvalue weighted by Gasteiger charge is 2.51. The van der Waals surface area contributed by atoms with Crippen molar-refractivity contribution in [2.75, 3.05) is 20.2 Å². The van der Waals surface area contributed by atoms with Crippen LogP contribution in [0.2, 0.25) is 0 Å². The predicted octanol–water partition coefficient (Wildman–Crippen LogP) is 2.44. The van der Waals surface area contributed by atoms with E-state index in [-0.39, 0.29) is 11.7 Å². The van der Waals surface area contributed by atoms with Crippen LogP contribution in [-0.2, 0) is 11.2 Å². The topological polar surface area (TPSA) is 63.3 Å². The molecule has 1 N–H and O–H groups in total. The van der Waals surface area contributed by atoms with Gasteiger partial charge in [0.1, 0.15) is 6.10 Å². The fourth-order valence-corrected chi connectivity index (χ4v) is 4.41. The Labute approximate surface area is 148 Å². The van der Waals surface area contributed by atoms with Gasteiger partial charge < -0.3 is 9.47 Å². The van der Waals surface area contributed by atoms with E-state index in [0.717, 1.165) is 51.1 Å². The molecule has 2 aromatic rings. The third-order valence-electron chi connectivity index (χ3n) is 5.82. The van der Waals surface area contributed by atoms with Crippen LogP contribution in [0.4, 0.5) is 0 Å². The highest BCUT2D eigenvalue weighted by molar-refractivity contribution is 5.12. The number of methoxy groups -OCH3 is 1.